The number of phenols is 1. The molecule has 4 heteroatoms. The summed E-state index contributed by atoms with van der Waals surface area (Å²) in [6, 6.07) is 6.44. The summed E-state index contributed by atoms with van der Waals surface area (Å²) < 4.78 is 0. The van der Waals surface area contributed by atoms with Crippen LogP contribution in [0.5, 0.6) is 5.75 Å². The number of rotatable bonds is 0. The van der Waals surface area contributed by atoms with Gasteiger partial charge in [0.15, 0.2) is 5.78 Å². The summed E-state index contributed by atoms with van der Waals surface area (Å²) in [6.07, 6.45) is 0.277. The molecule has 86 valence electrons. The molecule has 0 bridgehead atoms. The van der Waals surface area contributed by atoms with E-state index in [1.54, 1.807) is 18.2 Å². The van der Waals surface area contributed by atoms with Crippen LogP contribution in [0.25, 0.3) is 10.8 Å². The van der Waals surface area contributed by atoms with Crippen LogP contribution in [0.15, 0.2) is 24.3 Å². The van der Waals surface area contributed by atoms with Crippen molar-refractivity contribution >= 4 is 22.2 Å². The lowest BCUT2D eigenvalue weighted by atomic mass is 9.84. The second-order valence-corrected chi connectivity index (χ2v) is 4.36. The molecular formula is C13H12N2O2. The van der Waals surface area contributed by atoms with E-state index in [9.17, 15) is 9.90 Å². The van der Waals surface area contributed by atoms with E-state index in [2.05, 4.69) is 0 Å². The van der Waals surface area contributed by atoms with Crippen LogP contribution in [-0.4, -0.2) is 10.9 Å². The van der Waals surface area contributed by atoms with Gasteiger partial charge in [-0.3, -0.25) is 4.79 Å². The van der Waals surface area contributed by atoms with Crippen LogP contribution < -0.4 is 11.5 Å². The minimum atomic E-state index is -0.603. The fourth-order valence-electron chi connectivity index (χ4n) is 2.48. The Balaban J connectivity index is 2.50. The minimum Gasteiger partial charge on any atom is -0.505 e. The standard InChI is InChI=1S/C13H12N2O2/c14-9-4-6-5-10(16)12(15)7-2-1-3-8(11(6)7)13(9)17/h1-4,12,17H,5,14-15H2. The van der Waals surface area contributed by atoms with Crippen LogP contribution in [0.4, 0.5) is 5.69 Å². The normalized spacial score (nSPS) is 18.6. The first kappa shape index (κ1) is 10.1. The smallest absolute Gasteiger partial charge is 0.158 e. The van der Waals surface area contributed by atoms with Crippen LogP contribution in [0, 0.1) is 0 Å². The van der Waals surface area contributed by atoms with E-state index < -0.39 is 6.04 Å². The number of hydrogen-bond acceptors (Lipinski definition) is 4. The number of phenolic OH excluding ortho intramolecular Hbond substituents is 1. The summed E-state index contributed by atoms with van der Waals surface area (Å²) >= 11 is 0. The van der Waals surface area contributed by atoms with Gasteiger partial charge in [0.25, 0.3) is 0 Å². The highest BCUT2D eigenvalue weighted by Gasteiger charge is 2.27. The number of carbonyl (C=O) groups excluding carboxylic acids is 1. The van der Waals surface area contributed by atoms with Crippen molar-refractivity contribution in [2.24, 2.45) is 5.73 Å². The fraction of sp³-hybridized carbons (Fsp3) is 0.154. The molecule has 4 nitrogen and oxygen atoms in total. The number of anilines is 1. The maximum atomic E-state index is 11.8. The number of Topliss-reactive ketones (excluding diaryl/α,β-unsaturated/α-hetero) is 1. The summed E-state index contributed by atoms with van der Waals surface area (Å²) in [5.74, 6) is 0.0437. The van der Waals surface area contributed by atoms with Crippen LogP contribution in [0.3, 0.4) is 0 Å². The van der Waals surface area contributed by atoms with Crippen molar-refractivity contribution in [3.8, 4) is 5.75 Å². The average molecular weight is 228 g/mol. The third-order valence-corrected chi connectivity index (χ3v) is 3.32. The molecule has 0 radical (unpaired) electrons. The summed E-state index contributed by atoms with van der Waals surface area (Å²) in [4.78, 5) is 11.8. The van der Waals surface area contributed by atoms with E-state index in [0.29, 0.717) is 11.1 Å². The zero-order valence-corrected chi connectivity index (χ0v) is 9.10. The fourth-order valence-corrected chi connectivity index (χ4v) is 2.48. The van der Waals surface area contributed by atoms with Gasteiger partial charge in [0.2, 0.25) is 0 Å². The molecular weight excluding hydrogens is 216 g/mol. The van der Waals surface area contributed by atoms with E-state index in [0.717, 1.165) is 16.5 Å². The maximum absolute atomic E-state index is 11.8. The van der Waals surface area contributed by atoms with E-state index in [-0.39, 0.29) is 18.0 Å². The predicted octanol–water partition coefficient (Wildman–Crippen LogP) is 1.25. The van der Waals surface area contributed by atoms with Gasteiger partial charge in [0, 0.05) is 11.8 Å². The Labute approximate surface area is 97.8 Å². The van der Waals surface area contributed by atoms with Gasteiger partial charge in [-0.1, -0.05) is 18.2 Å². The van der Waals surface area contributed by atoms with Crippen molar-refractivity contribution in [3.63, 3.8) is 0 Å². The Morgan fingerprint density at radius 1 is 1.35 bits per heavy atom. The molecule has 1 unspecified atom stereocenters. The highest BCUT2D eigenvalue weighted by Crippen LogP contribution is 2.39. The van der Waals surface area contributed by atoms with Gasteiger partial charge in [0.05, 0.1) is 11.7 Å². The number of ketones is 1. The summed E-state index contributed by atoms with van der Waals surface area (Å²) in [7, 11) is 0. The average Bonchev–Trinajstić information content (AvgIpc) is 2.32. The van der Waals surface area contributed by atoms with Crippen molar-refractivity contribution < 1.29 is 9.90 Å². The Hall–Kier alpha value is -2.07. The predicted molar refractivity (Wildman–Crippen MR) is 65.7 cm³/mol. The molecule has 3 rings (SSSR count). The molecule has 0 amide bonds. The Kier molecular flexibility index (Phi) is 1.91. The van der Waals surface area contributed by atoms with Crippen LogP contribution in [0.1, 0.15) is 17.2 Å². The maximum Gasteiger partial charge on any atom is 0.158 e. The molecule has 1 atom stereocenters. The van der Waals surface area contributed by atoms with E-state index >= 15 is 0 Å². The molecule has 0 saturated heterocycles. The zero-order chi connectivity index (χ0) is 12.2. The summed E-state index contributed by atoms with van der Waals surface area (Å²) in [5.41, 5.74) is 13.5. The van der Waals surface area contributed by atoms with Gasteiger partial charge >= 0.3 is 0 Å². The SMILES string of the molecule is Nc1cc2c3c(cccc3c1O)C(N)C(=O)C2. The molecule has 1 aliphatic carbocycles. The zero-order valence-electron chi connectivity index (χ0n) is 9.10. The number of nitrogen functional groups attached to an aromatic ring is 1. The van der Waals surface area contributed by atoms with Crippen molar-refractivity contribution in [3.05, 3.63) is 35.4 Å². The van der Waals surface area contributed by atoms with Crippen LogP contribution in [-0.2, 0) is 11.2 Å². The molecule has 2 aromatic rings. The molecule has 0 saturated carbocycles. The van der Waals surface area contributed by atoms with E-state index in [1.165, 1.54) is 0 Å². The first-order valence-electron chi connectivity index (χ1n) is 5.41. The molecule has 0 heterocycles. The van der Waals surface area contributed by atoms with Crippen LogP contribution in [0.2, 0.25) is 0 Å². The molecule has 0 spiro atoms. The van der Waals surface area contributed by atoms with Crippen molar-refractivity contribution in [1.82, 2.24) is 0 Å². The molecule has 5 N–H and O–H groups in total. The second-order valence-electron chi connectivity index (χ2n) is 4.36. The van der Waals surface area contributed by atoms with Gasteiger partial charge < -0.3 is 16.6 Å². The molecule has 1 aliphatic rings. The number of nitrogens with two attached hydrogens (primary N) is 2. The highest BCUT2D eigenvalue weighted by molar-refractivity contribution is 6.05. The van der Waals surface area contributed by atoms with Crippen LogP contribution >= 0.6 is 0 Å². The number of hydrogen-bond donors (Lipinski definition) is 3. The molecule has 0 fully saturated rings. The summed E-state index contributed by atoms with van der Waals surface area (Å²) in [5, 5.41) is 11.5. The third kappa shape index (κ3) is 1.24. The Morgan fingerprint density at radius 3 is 2.88 bits per heavy atom. The van der Waals surface area contributed by atoms with Crippen molar-refractivity contribution in [2.45, 2.75) is 12.5 Å². The van der Waals surface area contributed by atoms with Crippen molar-refractivity contribution in [1.29, 1.82) is 0 Å². The molecule has 0 aliphatic heterocycles. The lowest BCUT2D eigenvalue weighted by Gasteiger charge is -2.22. The quantitative estimate of drug-likeness (QED) is 0.467. The number of benzene rings is 2. The molecule has 0 aromatic heterocycles. The summed E-state index contributed by atoms with van der Waals surface area (Å²) in [6.45, 7) is 0. The minimum absolute atomic E-state index is 0.0184. The van der Waals surface area contributed by atoms with Crippen molar-refractivity contribution in [2.75, 3.05) is 5.73 Å². The monoisotopic (exact) mass is 228 g/mol. The number of aromatic hydroxyl groups is 1. The Morgan fingerprint density at radius 2 is 2.12 bits per heavy atom. The first-order chi connectivity index (χ1) is 8.09. The van der Waals surface area contributed by atoms with Gasteiger partial charge in [-0.15, -0.1) is 0 Å². The topological polar surface area (TPSA) is 89.3 Å². The van der Waals surface area contributed by atoms with Gasteiger partial charge in [0.1, 0.15) is 5.75 Å². The molecule has 2 aromatic carbocycles. The largest absolute Gasteiger partial charge is 0.505 e. The van der Waals surface area contributed by atoms with E-state index in [4.69, 9.17) is 11.5 Å². The van der Waals surface area contributed by atoms with Gasteiger partial charge in [-0.05, 0) is 22.6 Å². The van der Waals surface area contributed by atoms with Gasteiger partial charge in [-0.2, -0.15) is 0 Å². The second kappa shape index (κ2) is 3.21. The van der Waals surface area contributed by atoms with E-state index in [1.807, 2.05) is 6.07 Å². The molecule has 17 heavy (non-hydrogen) atoms. The third-order valence-electron chi connectivity index (χ3n) is 3.32. The lowest BCUT2D eigenvalue weighted by molar-refractivity contribution is -0.119. The first-order valence-corrected chi connectivity index (χ1v) is 5.41. The Bertz CT molecular complexity index is 649. The highest BCUT2D eigenvalue weighted by atomic mass is 16.3. The van der Waals surface area contributed by atoms with Gasteiger partial charge in [-0.25, -0.2) is 0 Å². The number of carbonyl (C=O) groups is 1. The lowest BCUT2D eigenvalue weighted by Crippen LogP contribution is -2.27.